The van der Waals surface area contributed by atoms with Crippen molar-refractivity contribution in [3.63, 3.8) is 0 Å². The summed E-state index contributed by atoms with van der Waals surface area (Å²) in [6, 6.07) is 14.6. The van der Waals surface area contributed by atoms with Gasteiger partial charge in [0.15, 0.2) is 5.76 Å². The second-order valence-electron chi connectivity index (χ2n) is 6.79. The largest absolute Gasteiger partial charge is 0.436 e. The van der Waals surface area contributed by atoms with Gasteiger partial charge in [-0.2, -0.15) is 0 Å². The molecule has 4 nitrogen and oxygen atoms in total. The molecule has 0 aliphatic heterocycles. The number of hydrogen-bond acceptors (Lipinski definition) is 3. The van der Waals surface area contributed by atoms with E-state index in [2.05, 4.69) is 10.3 Å². The molecule has 3 rings (SSSR count). The SMILES string of the molecule is CC(C)(C)NC(=O)c1ccccc1-c1ncc(-c2ccc(Cl)cc2)o1. The summed E-state index contributed by atoms with van der Waals surface area (Å²) in [5, 5.41) is 3.63. The number of halogens is 1. The molecule has 0 aliphatic rings. The average molecular weight is 355 g/mol. The number of aromatic nitrogens is 1. The molecule has 25 heavy (non-hydrogen) atoms. The number of benzene rings is 2. The molecular formula is C20H19ClN2O2. The van der Waals surface area contributed by atoms with Gasteiger partial charge >= 0.3 is 0 Å². The maximum absolute atomic E-state index is 12.6. The first kappa shape index (κ1) is 17.2. The normalized spacial score (nSPS) is 11.4. The highest BCUT2D eigenvalue weighted by atomic mass is 35.5. The van der Waals surface area contributed by atoms with Gasteiger partial charge in [-0.25, -0.2) is 4.98 Å². The zero-order valence-electron chi connectivity index (χ0n) is 14.3. The van der Waals surface area contributed by atoms with Crippen LogP contribution in [0.3, 0.4) is 0 Å². The van der Waals surface area contributed by atoms with Gasteiger partial charge in [-0.05, 0) is 57.2 Å². The van der Waals surface area contributed by atoms with Crippen LogP contribution in [-0.2, 0) is 0 Å². The van der Waals surface area contributed by atoms with Gasteiger partial charge in [0.25, 0.3) is 5.91 Å². The van der Waals surface area contributed by atoms with E-state index in [1.807, 2.05) is 51.1 Å². The summed E-state index contributed by atoms with van der Waals surface area (Å²) in [5.41, 5.74) is 1.74. The second kappa shape index (κ2) is 6.73. The van der Waals surface area contributed by atoms with Crippen molar-refractivity contribution >= 4 is 17.5 Å². The topological polar surface area (TPSA) is 55.1 Å². The van der Waals surface area contributed by atoms with Crippen molar-refractivity contribution in [2.24, 2.45) is 0 Å². The first-order chi connectivity index (χ1) is 11.8. The Bertz CT molecular complexity index is 893. The molecule has 2 aromatic carbocycles. The maximum Gasteiger partial charge on any atom is 0.252 e. The lowest BCUT2D eigenvalue weighted by Gasteiger charge is -2.21. The molecule has 3 aromatic rings. The number of rotatable bonds is 3. The molecule has 1 heterocycles. The van der Waals surface area contributed by atoms with E-state index in [4.69, 9.17) is 16.0 Å². The molecular weight excluding hydrogens is 336 g/mol. The summed E-state index contributed by atoms with van der Waals surface area (Å²) in [4.78, 5) is 16.9. The molecule has 0 saturated heterocycles. The summed E-state index contributed by atoms with van der Waals surface area (Å²) in [7, 11) is 0. The van der Waals surface area contributed by atoms with E-state index in [1.165, 1.54) is 0 Å². The van der Waals surface area contributed by atoms with Crippen LogP contribution >= 0.6 is 11.6 Å². The lowest BCUT2D eigenvalue weighted by Crippen LogP contribution is -2.40. The summed E-state index contributed by atoms with van der Waals surface area (Å²) < 4.78 is 5.88. The molecule has 128 valence electrons. The number of carbonyl (C=O) groups is 1. The maximum atomic E-state index is 12.6. The number of hydrogen-bond donors (Lipinski definition) is 1. The Balaban J connectivity index is 1.95. The fourth-order valence-electron chi connectivity index (χ4n) is 2.42. The molecule has 0 atom stereocenters. The van der Waals surface area contributed by atoms with E-state index in [9.17, 15) is 4.79 Å². The smallest absolute Gasteiger partial charge is 0.252 e. The Hall–Kier alpha value is -2.59. The van der Waals surface area contributed by atoms with Crippen molar-refractivity contribution in [2.75, 3.05) is 0 Å². The van der Waals surface area contributed by atoms with Crippen molar-refractivity contribution in [2.45, 2.75) is 26.3 Å². The van der Waals surface area contributed by atoms with E-state index in [0.717, 1.165) is 5.56 Å². The van der Waals surface area contributed by atoms with Crippen LogP contribution in [0.2, 0.25) is 5.02 Å². The minimum absolute atomic E-state index is 0.158. The quantitative estimate of drug-likeness (QED) is 0.704. The molecule has 0 spiro atoms. The molecule has 0 unspecified atom stereocenters. The van der Waals surface area contributed by atoms with Crippen molar-refractivity contribution in [1.82, 2.24) is 10.3 Å². The first-order valence-electron chi connectivity index (χ1n) is 7.97. The molecule has 1 amide bonds. The zero-order valence-corrected chi connectivity index (χ0v) is 15.1. The Kier molecular flexibility index (Phi) is 4.64. The van der Waals surface area contributed by atoms with Gasteiger partial charge in [0.05, 0.1) is 11.8 Å². The van der Waals surface area contributed by atoms with Gasteiger partial charge in [0.2, 0.25) is 5.89 Å². The number of nitrogens with one attached hydrogen (secondary N) is 1. The van der Waals surface area contributed by atoms with Gasteiger partial charge in [0, 0.05) is 21.7 Å². The third-order valence-electron chi connectivity index (χ3n) is 3.53. The van der Waals surface area contributed by atoms with Crippen LogP contribution in [0.4, 0.5) is 0 Å². The first-order valence-corrected chi connectivity index (χ1v) is 8.35. The molecule has 1 N–H and O–H groups in total. The van der Waals surface area contributed by atoms with Crippen LogP contribution in [-0.4, -0.2) is 16.4 Å². The minimum Gasteiger partial charge on any atom is -0.436 e. The Morgan fingerprint density at radius 2 is 1.76 bits per heavy atom. The Morgan fingerprint density at radius 3 is 2.44 bits per heavy atom. The number of nitrogens with zero attached hydrogens (tertiary/aromatic N) is 1. The van der Waals surface area contributed by atoms with Crippen LogP contribution in [0.25, 0.3) is 22.8 Å². The number of amides is 1. The lowest BCUT2D eigenvalue weighted by atomic mass is 10.0. The monoisotopic (exact) mass is 354 g/mol. The van der Waals surface area contributed by atoms with E-state index in [0.29, 0.717) is 27.8 Å². The molecule has 0 saturated carbocycles. The van der Waals surface area contributed by atoms with Crippen molar-refractivity contribution in [3.05, 3.63) is 65.3 Å². The third kappa shape index (κ3) is 4.09. The number of oxazole rings is 1. The highest BCUT2D eigenvalue weighted by Crippen LogP contribution is 2.29. The summed E-state index contributed by atoms with van der Waals surface area (Å²) in [6.45, 7) is 5.83. The summed E-state index contributed by atoms with van der Waals surface area (Å²) in [6.07, 6.45) is 1.65. The molecule has 0 bridgehead atoms. The van der Waals surface area contributed by atoms with Gasteiger partial charge < -0.3 is 9.73 Å². The van der Waals surface area contributed by atoms with Crippen LogP contribution in [0, 0.1) is 0 Å². The standard InChI is InChI=1S/C20H19ClN2O2/c1-20(2,3)23-18(24)15-6-4-5-7-16(15)19-22-12-17(25-19)13-8-10-14(21)11-9-13/h4-12H,1-3H3,(H,23,24). The zero-order chi connectivity index (χ0) is 18.0. The molecule has 0 radical (unpaired) electrons. The van der Waals surface area contributed by atoms with Crippen LogP contribution in [0.15, 0.2) is 59.1 Å². The van der Waals surface area contributed by atoms with E-state index in [1.54, 1.807) is 24.4 Å². The summed E-state index contributed by atoms with van der Waals surface area (Å²) in [5.74, 6) is 0.872. The molecule has 5 heteroatoms. The van der Waals surface area contributed by atoms with Gasteiger partial charge in [0.1, 0.15) is 0 Å². The minimum atomic E-state index is -0.324. The van der Waals surface area contributed by atoms with Crippen LogP contribution in [0.5, 0.6) is 0 Å². The second-order valence-corrected chi connectivity index (χ2v) is 7.22. The predicted molar refractivity (Wildman–Crippen MR) is 99.6 cm³/mol. The van der Waals surface area contributed by atoms with Crippen LogP contribution < -0.4 is 5.32 Å². The van der Waals surface area contributed by atoms with Gasteiger partial charge in [-0.15, -0.1) is 0 Å². The number of carbonyl (C=O) groups excluding carboxylic acids is 1. The van der Waals surface area contributed by atoms with E-state index < -0.39 is 0 Å². The van der Waals surface area contributed by atoms with E-state index >= 15 is 0 Å². The third-order valence-corrected chi connectivity index (χ3v) is 3.78. The van der Waals surface area contributed by atoms with Crippen LogP contribution in [0.1, 0.15) is 31.1 Å². The van der Waals surface area contributed by atoms with Crippen molar-refractivity contribution in [1.29, 1.82) is 0 Å². The summed E-state index contributed by atoms with van der Waals surface area (Å²) >= 11 is 5.92. The fraction of sp³-hybridized carbons (Fsp3) is 0.200. The lowest BCUT2D eigenvalue weighted by molar-refractivity contribution is 0.0920. The van der Waals surface area contributed by atoms with Gasteiger partial charge in [-0.3, -0.25) is 4.79 Å². The molecule has 1 aromatic heterocycles. The molecule has 0 fully saturated rings. The van der Waals surface area contributed by atoms with E-state index in [-0.39, 0.29) is 11.4 Å². The Labute approximate surface area is 151 Å². The Morgan fingerprint density at radius 1 is 1.08 bits per heavy atom. The fourth-order valence-corrected chi connectivity index (χ4v) is 2.55. The van der Waals surface area contributed by atoms with Crippen molar-refractivity contribution < 1.29 is 9.21 Å². The highest BCUT2D eigenvalue weighted by molar-refractivity contribution is 6.30. The predicted octanol–water partition coefficient (Wildman–Crippen LogP) is 5.19. The molecule has 0 aliphatic carbocycles. The average Bonchev–Trinajstić information content (AvgIpc) is 3.04. The highest BCUT2D eigenvalue weighted by Gasteiger charge is 2.20. The van der Waals surface area contributed by atoms with Crippen molar-refractivity contribution in [3.8, 4) is 22.8 Å². The van der Waals surface area contributed by atoms with Gasteiger partial charge in [-0.1, -0.05) is 23.7 Å².